The van der Waals surface area contributed by atoms with Gasteiger partial charge in [-0.2, -0.15) is 0 Å². The average Bonchev–Trinajstić information content (AvgIpc) is 2.26. The lowest BCUT2D eigenvalue weighted by atomic mass is 10.3. The maximum Gasteiger partial charge on any atom is 0.137 e. The molecule has 0 aliphatic carbocycles. The molecule has 0 saturated heterocycles. The van der Waals surface area contributed by atoms with E-state index in [-0.39, 0.29) is 6.61 Å². The van der Waals surface area contributed by atoms with E-state index in [0.29, 0.717) is 12.6 Å². The van der Waals surface area contributed by atoms with Crippen LogP contribution in [-0.4, -0.2) is 36.4 Å². The van der Waals surface area contributed by atoms with Crippen molar-refractivity contribution in [2.75, 3.05) is 25.2 Å². The van der Waals surface area contributed by atoms with Crippen molar-refractivity contribution in [1.29, 1.82) is 0 Å². The van der Waals surface area contributed by atoms with Crippen LogP contribution in [-0.2, 0) is 0 Å². The lowest BCUT2D eigenvalue weighted by molar-refractivity contribution is 0.298. The van der Waals surface area contributed by atoms with Crippen LogP contribution in [0.2, 0.25) is 0 Å². The smallest absolute Gasteiger partial charge is 0.137 e. The number of aliphatic hydroxyl groups is 1. The highest BCUT2D eigenvalue weighted by molar-refractivity contribution is 5.41. The van der Waals surface area contributed by atoms with Gasteiger partial charge in [-0.15, -0.1) is 0 Å². The van der Waals surface area contributed by atoms with Gasteiger partial charge in [0.25, 0.3) is 0 Å². The van der Waals surface area contributed by atoms with E-state index in [4.69, 9.17) is 9.84 Å². The van der Waals surface area contributed by atoms with Crippen LogP contribution >= 0.6 is 0 Å². The van der Waals surface area contributed by atoms with Crippen LogP contribution in [0.25, 0.3) is 0 Å². The summed E-state index contributed by atoms with van der Waals surface area (Å²) in [5.41, 5.74) is 0. The van der Waals surface area contributed by atoms with Gasteiger partial charge < -0.3 is 14.7 Å². The zero-order valence-corrected chi connectivity index (χ0v) is 9.47. The summed E-state index contributed by atoms with van der Waals surface area (Å²) in [4.78, 5) is 6.32. The standard InChI is InChI=1S/C11H18N2O2/c1-9(2)13(6-7-14)11-5-4-10(15-3)8-12-11/h4-5,8-9,14H,6-7H2,1-3H3. The second-order valence-corrected chi connectivity index (χ2v) is 3.57. The predicted octanol–water partition coefficient (Wildman–Crippen LogP) is 1.30. The van der Waals surface area contributed by atoms with Gasteiger partial charge in [-0.25, -0.2) is 4.98 Å². The Balaban J connectivity index is 2.81. The third-order valence-electron chi connectivity index (χ3n) is 2.21. The first-order valence-electron chi connectivity index (χ1n) is 5.06. The fourth-order valence-corrected chi connectivity index (χ4v) is 1.41. The minimum atomic E-state index is 0.131. The van der Waals surface area contributed by atoms with Gasteiger partial charge in [-0.1, -0.05) is 0 Å². The Morgan fingerprint density at radius 1 is 1.47 bits per heavy atom. The van der Waals surface area contributed by atoms with Crippen LogP contribution in [0, 0.1) is 0 Å². The highest BCUT2D eigenvalue weighted by Crippen LogP contribution is 2.17. The number of rotatable bonds is 5. The van der Waals surface area contributed by atoms with E-state index in [2.05, 4.69) is 18.8 Å². The number of hydrogen-bond acceptors (Lipinski definition) is 4. The summed E-state index contributed by atoms with van der Waals surface area (Å²) in [6.07, 6.45) is 1.68. The van der Waals surface area contributed by atoms with E-state index >= 15 is 0 Å². The molecule has 0 radical (unpaired) electrons. The maximum absolute atomic E-state index is 8.95. The average molecular weight is 210 g/mol. The highest BCUT2D eigenvalue weighted by atomic mass is 16.5. The zero-order chi connectivity index (χ0) is 11.3. The van der Waals surface area contributed by atoms with Gasteiger partial charge in [-0.3, -0.25) is 0 Å². The number of nitrogens with zero attached hydrogens (tertiary/aromatic N) is 2. The summed E-state index contributed by atoms with van der Waals surface area (Å²) < 4.78 is 5.04. The molecule has 1 aromatic rings. The van der Waals surface area contributed by atoms with Crippen LogP contribution in [0.4, 0.5) is 5.82 Å². The molecular weight excluding hydrogens is 192 g/mol. The monoisotopic (exact) mass is 210 g/mol. The van der Waals surface area contributed by atoms with Crippen LogP contribution in [0.5, 0.6) is 5.75 Å². The van der Waals surface area contributed by atoms with E-state index in [1.165, 1.54) is 0 Å². The minimum Gasteiger partial charge on any atom is -0.495 e. The second-order valence-electron chi connectivity index (χ2n) is 3.57. The first-order valence-corrected chi connectivity index (χ1v) is 5.06. The van der Waals surface area contributed by atoms with Crippen molar-refractivity contribution < 1.29 is 9.84 Å². The normalized spacial score (nSPS) is 10.5. The summed E-state index contributed by atoms with van der Waals surface area (Å²) in [5.74, 6) is 1.60. The molecule has 1 rings (SSSR count). The number of ether oxygens (including phenoxy) is 1. The Morgan fingerprint density at radius 2 is 2.20 bits per heavy atom. The summed E-state index contributed by atoms with van der Waals surface area (Å²) in [5, 5.41) is 8.95. The molecule has 0 aromatic carbocycles. The number of aromatic nitrogens is 1. The molecule has 0 aliphatic rings. The summed E-state index contributed by atoms with van der Waals surface area (Å²) in [7, 11) is 1.62. The third-order valence-corrected chi connectivity index (χ3v) is 2.21. The van der Waals surface area contributed by atoms with Crippen LogP contribution in [0.3, 0.4) is 0 Å². The van der Waals surface area contributed by atoms with Gasteiger partial charge in [0.2, 0.25) is 0 Å². The predicted molar refractivity (Wildman–Crippen MR) is 60.4 cm³/mol. The Bertz CT molecular complexity index is 285. The van der Waals surface area contributed by atoms with Gasteiger partial charge in [0.1, 0.15) is 11.6 Å². The van der Waals surface area contributed by atoms with Crippen molar-refractivity contribution in [2.24, 2.45) is 0 Å². The van der Waals surface area contributed by atoms with E-state index in [1.807, 2.05) is 17.0 Å². The van der Waals surface area contributed by atoms with E-state index in [0.717, 1.165) is 11.6 Å². The van der Waals surface area contributed by atoms with E-state index in [9.17, 15) is 0 Å². The van der Waals surface area contributed by atoms with Crippen LogP contribution in [0.15, 0.2) is 18.3 Å². The van der Waals surface area contributed by atoms with Gasteiger partial charge in [0.05, 0.1) is 19.9 Å². The molecule has 0 unspecified atom stereocenters. The minimum absolute atomic E-state index is 0.131. The summed E-state index contributed by atoms with van der Waals surface area (Å²) in [6, 6.07) is 4.09. The maximum atomic E-state index is 8.95. The summed E-state index contributed by atoms with van der Waals surface area (Å²) >= 11 is 0. The molecule has 1 aromatic heterocycles. The molecule has 1 N–H and O–H groups in total. The zero-order valence-electron chi connectivity index (χ0n) is 9.47. The highest BCUT2D eigenvalue weighted by Gasteiger charge is 2.10. The molecule has 0 fully saturated rings. The van der Waals surface area contributed by atoms with E-state index < -0.39 is 0 Å². The van der Waals surface area contributed by atoms with Crippen LogP contribution in [0.1, 0.15) is 13.8 Å². The van der Waals surface area contributed by atoms with Gasteiger partial charge in [0.15, 0.2) is 0 Å². The number of anilines is 1. The number of pyridine rings is 1. The first kappa shape index (κ1) is 11.8. The van der Waals surface area contributed by atoms with E-state index in [1.54, 1.807) is 13.3 Å². The van der Waals surface area contributed by atoms with Crippen molar-refractivity contribution >= 4 is 5.82 Å². The molecule has 0 atom stereocenters. The molecule has 4 nitrogen and oxygen atoms in total. The lowest BCUT2D eigenvalue weighted by Crippen LogP contribution is -2.34. The fourth-order valence-electron chi connectivity index (χ4n) is 1.41. The van der Waals surface area contributed by atoms with Gasteiger partial charge in [0, 0.05) is 12.6 Å². The third kappa shape index (κ3) is 3.09. The van der Waals surface area contributed by atoms with Crippen LogP contribution < -0.4 is 9.64 Å². The van der Waals surface area contributed by atoms with Crippen molar-refractivity contribution in [3.05, 3.63) is 18.3 Å². The Labute approximate surface area is 90.5 Å². The lowest BCUT2D eigenvalue weighted by Gasteiger charge is -2.26. The molecule has 0 amide bonds. The Kier molecular flexibility index (Phi) is 4.37. The molecule has 0 saturated carbocycles. The number of methoxy groups -OCH3 is 1. The molecule has 4 heteroatoms. The molecular formula is C11H18N2O2. The second kappa shape index (κ2) is 5.56. The fraction of sp³-hybridized carbons (Fsp3) is 0.545. The SMILES string of the molecule is COc1ccc(N(CCO)C(C)C)nc1. The van der Waals surface area contributed by atoms with Crippen molar-refractivity contribution in [2.45, 2.75) is 19.9 Å². The van der Waals surface area contributed by atoms with Gasteiger partial charge >= 0.3 is 0 Å². The topological polar surface area (TPSA) is 45.6 Å². The largest absolute Gasteiger partial charge is 0.495 e. The Hall–Kier alpha value is -1.29. The summed E-state index contributed by atoms with van der Waals surface area (Å²) in [6.45, 7) is 4.87. The molecule has 0 bridgehead atoms. The molecule has 84 valence electrons. The number of aliphatic hydroxyl groups excluding tert-OH is 1. The molecule has 0 aliphatic heterocycles. The van der Waals surface area contributed by atoms with Crippen molar-refractivity contribution in [3.8, 4) is 5.75 Å². The quantitative estimate of drug-likeness (QED) is 0.795. The molecule has 15 heavy (non-hydrogen) atoms. The van der Waals surface area contributed by atoms with Crippen molar-refractivity contribution in [3.63, 3.8) is 0 Å². The Morgan fingerprint density at radius 3 is 2.60 bits per heavy atom. The van der Waals surface area contributed by atoms with Gasteiger partial charge in [-0.05, 0) is 26.0 Å². The first-order chi connectivity index (χ1) is 7.19. The number of hydrogen-bond donors (Lipinski definition) is 1. The molecule has 0 spiro atoms. The van der Waals surface area contributed by atoms with Crippen molar-refractivity contribution in [1.82, 2.24) is 4.98 Å². The molecule has 1 heterocycles.